The van der Waals surface area contributed by atoms with Crippen LogP contribution in [-0.4, -0.2) is 20.9 Å². The largest absolute Gasteiger partial charge is 0.494 e. The Morgan fingerprint density at radius 3 is 2.62 bits per heavy atom. The molecule has 0 fully saturated rings. The molecular weight excluding hydrogens is 350 g/mol. The standard InChI is InChI=1S/C17H18ClNO4S/c1-2-23-16-9-4-3-6-13(16)10-11-17(20)19-24(21,22)15-8-5-7-14(18)12-15/h3-9,12H,2,10-11H2,1H3,(H,19,20). The zero-order valence-corrected chi connectivity index (χ0v) is 14.7. The van der Waals surface area contributed by atoms with Gasteiger partial charge >= 0.3 is 0 Å². The van der Waals surface area contributed by atoms with Gasteiger partial charge in [0.2, 0.25) is 5.91 Å². The Kier molecular flexibility index (Phi) is 6.23. The highest BCUT2D eigenvalue weighted by atomic mass is 35.5. The molecule has 2 aromatic carbocycles. The second-order valence-electron chi connectivity index (χ2n) is 5.03. The molecule has 24 heavy (non-hydrogen) atoms. The van der Waals surface area contributed by atoms with E-state index in [-0.39, 0.29) is 16.3 Å². The molecule has 0 aliphatic heterocycles. The summed E-state index contributed by atoms with van der Waals surface area (Å²) in [6.45, 7) is 2.40. The van der Waals surface area contributed by atoms with Crippen molar-refractivity contribution in [3.8, 4) is 5.75 Å². The molecule has 7 heteroatoms. The average molecular weight is 368 g/mol. The number of hydrogen-bond donors (Lipinski definition) is 1. The van der Waals surface area contributed by atoms with Crippen molar-refractivity contribution in [3.05, 3.63) is 59.1 Å². The molecule has 0 saturated heterocycles. The van der Waals surface area contributed by atoms with Gasteiger partial charge in [-0.15, -0.1) is 0 Å². The van der Waals surface area contributed by atoms with Crippen LogP contribution in [0.2, 0.25) is 5.02 Å². The smallest absolute Gasteiger partial charge is 0.264 e. The first-order valence-corrected chi connectivity index (χ1v) is 9.30. The fraction of sp³-hybridized carbons (Fsp3) is 0.235. The predicted molar refractivity (Wildman–Crippen MR) is 92.7 cm³/mol. The molecule has 0 aromatic heterocycles. The highest BCUT2D eigenvalue weighted by Gasteiger charge is 2.18. The lowest BCUT2D eigenvalue weighted by Gasteiger charge is -2.10. The number of para-hydroxylation sites is 1. The molecule has 1 amide bonds. The minimum absolute atomic E-state index is 0.0316. The third-order valence-corrected chi connectivity index (χ3v) is 4.85. The van der Waals surface area contributed by atoms with Gasteiger partial charge in [0.25, 0.3) is 10.0 Å². The molecule has 0 radical (unpaired) electrons. The van der Waals surface area contributed by atoms with Crippen LogP contribution in [0.3, 0.4) is 0 Å². The van der Waals surface area contributed by atoms with E-state index in [0.717, 1.165) is 5.56 Å². The molecule has 0 aliphatic carbocycles. The van der Waals surface area contributed by atoms with Crippen molar-refractivity contribution in [2.24, 2.45) is 0 Å². The van der Waals surface area contributed by atoms with Gasteiger partial charge in [-0.1, -0.05) is 35.9 Å². The zero-order valence-electron chi connectivity index (χ0n) is 13.2. The summed E-state index contributed by atoms with van der Waals surface area (Å²) in [5.74, 6) is 0.117. The van der Waals surface area contributed by atoms with Crippen LogP contribution < -0.4 is 9.46 Å². The van der Waals surface area contributed by atoms with E-state index in [1.54, 1.807) is 6.07 Å². The van der Waals surface area contributed by atoms with Crippen LogP contribution in [-0.2, 0) is 21.2 Å². The van der Waals surface area contributed by atoms with Gasteiger partial charge < -0.3 is 4.74 Å². The van der Waals surface area contributed by atoms with E-state index in [1.165, 1.54) is 18.2 Å². The molecule has 0 spiro atoms. The maximum atomic E-state index is 12.2. The van der Waals surface area contributed by atoms with Crippen molar-refractivity contribution in [1.82, 2.24) is 4.72 Å². The minimum atomic E-state index is -3.92. The fourth-order valence-electron chi connectivity index (χ4n) is 2.15. The summed E-state index contributed by atoms with van der Waals surface area (Å²) in [7, 11) is -3.92. The summed E-state index contributed by atoms with van der Waals surface area (Å²) in [4.78, 5) is 12.0. The summed E-state index contributed by atoms with van der Waals surface area (Å²) in [6, 6.07) is 13.1. The van der Waals surface area contributed by atoms with Crippen LogP contribution in [0, 0.1) is 0 Å². The Hall–Kier alpha value is -2.05. The van der Waals surface area contributed by atoms with Gasteiger partial charge in [-0.05, 0) is 43.2 Å². The van der Waals surface area contributed by atoms with Gasteiger partial charge in [-0.2, -0.15) is 0 Å². The molecule has 2 aromatic rings. The van der Waals surface area contributed by atoms with Crippen LogP contribution >= 0.6 is 11.6 Å². The van der Waals surface area contributed by atoms with E-state index in [4.69, 9.17) is 16.3 Å². The molecule has 0 aliphatic rings. The minimum Gasteiger partial charge on any atom is -0.494 e. The summed E-state index contributed by atoms with van der Waals surface area (Å²) < 4.78 is 31.9. The van der Waals surface area contributed by atoms with E-state index < -0.39 is 15.9 Å². The molecule has 1 N–H and O–H groups in total. The highest BCUT2D eigenvalue weighted by Crippen LogP contribution is 2.20. The molecule has 0 atom stereocenters. The van der Waals surface area contributed by atoms with Crippen molar-refractivity contribution in [2.45, 2.75) is 24.7 Å². The topological polar surface area (TPSA) is 72.5 Å². The lowest BCUT2D eigenvalue weighted by Crippen LogP contribution is -2.30. The molecular formula is C17H18ClNO4S. The Morgan fingerprint density at radius 1 is 1.17 bits per heavy atom. The highest BCUT2D eigenvalue weighted by molar-refractivity contribution is 7.90. The summed E-state index contributed by atoms with van der Waals surface area (Å²) in [5, 5.41) is 0.288. The normalized spacial score (nSPS) is 11.1. The lowest BCUT2D eigenvalue weighted by atomic mass is 10.1. The number of rotatable bonds is 7. The first-order chi connectivity index (χ1) is 11.4. The third kappa shape index (κ3) is 4.97. The Balaban J connectivity index is 2.01. The van der Waals surface area contributed by atoms with Gasteiger partial charge in [0.1, 0.15) is 5.75 Å². The van der Waals surface area contributed by atoms with Crippen molar-refractivity contribution in [2.75, 3.05) is 6.61 Å². The van der Waals surface area contributed by atoms with Crippen molar-refractivity contribution < 1.29 is 17.9 Å². The monoisotopic (exact) mass is 367 g/mol. The first kappa shape index (κ1) is 18.3. The second kappa shape index (κ2) is 8.17. The SMILES string of the molecule is CCOc1ccccc1CCC(=O)NS(=O)(=O)c1cccc(Cl)c1. The van der Waals surface area contributed by atoms with Crippen LogP contribution in [0.1, 0.15) is 18.9 Å². The Morgan fingerprint density at radius 2 is 1.92 bits per heavy atom. The number of hydrogen-bond acceptors (Lipinski definition) is 4. The number of benzene rings is 2. The summed E-state index contributed by atoms with van der Waals surface area (Å²) >= 11 is 5.78. The zero-order chi connectivity index (χ0) is 17.6. The predicted octanol–water partition coefficient (Wildman–Crippen LogP) is 3.18. The number of ether oxygens (including phenoxy) is 1. The number of carbonyl (C=O) groups is 1. The van der Waals surface area contributed by atoms with Crippen molar-refractivity contribution in [3.63, 3.8) is 0 Å². The molecule has 0 heterocycles. The number of aryl methyl sites for hydroxylation is 1. The van der Waals surface area contributed by atoms with Crippen LogP contribution in [0.5, 0.6) is 5.75 Å². The quantitative estimate of drug-likeness (QED) is 0.815. The maximum absolute atomic E-state index is 12.2. The van der Waals surface area contributed by atoms with Gasteiger partial charge in [0.05, 0.1) is 11.5 Å². The van der Waals surface area contributed by atoms with E-state index in [2.05, 4.69) is 4.72 Å². The number of sulfonamides is 1. The summed E-state index contributed by atoms with van der Waals surface area (Å²) in [5.41, 5.74) is 0.856. The van der Waals surface area contributed by atoms with Gasteiger partial charge in [0, 0.05) is 11.4 Å². The van der Waals surface area contributed by atoms with E-state index in [0.29, 0.717) is 18.8 Å². The average Bonchev–Trinajstić information content (AvgIpc) is 2.54. The molecule has 128 valence electrons. The van der Waals surface area contributed by atoms with Gasteiger partial charge in [-0.25, -0.2) is 13.1 Å². The van der Waals surface area contributed by atoms with Gasteiger partial charge in [0.15, 0.2) is 0 Å². The fourth-order valence-corrected chi connectivity index (χ4v) is 3.46. The molecule has 2 rings (SSSR count). The van der Waals surface area contributed by atoms with Crippen LogP contribution in [0.15, 0.2) is 53.4 Å². The van der Waals surface area contributed by atoms with Gasteiger partial charge in [-0.3, -0.25) is 4.79 Å². The first-order valence-electron chi connectivity index (χ1n) is 7.44. The second-order valence-corrected chi connectivity index (χ2v) is 7.15. The Labute approximate surface area is 146 Å². The van der Waals surface area contributed by atoms with Crippen molar-refractivity contribution >= 4 is 27.5 Å². The van der Waals surface area contributed by atoms with E-state index >= 15 is 0 Å². The van der Waals surface area contributed by atoms with Crippen molar-refractivity contribution in [1.29, 1.82) is 0 Å². The third-order valence-electron chi connectivity index (χ3n) is 3.25. The number of halogens is 1. The maximum Gasteiger partial charge on any atom is 0.264 e. The lowest BCUT2D eigenvalue weighted by molar-refractivity contribution is -0.119. The molecule has 5 nitrogen and oxygen atoms in total. The number of nitrogens with one attached hydrogen (secondary N) is 1. The number of carbonyl (C=O) groups excluding carboxylic acids is 1. The molecule has 0 saturated carbocycles. The Bertz CT molecular complexity index is 821. The molecule has 0 unspecified atom stereocenters. The molecule has 0 bridgehead atoms. The van der Waals surface area contributed by atoms with E-state index in [1.807, 2.05) is 31.2 Å². The number of amides is 1. The van der Waals surface area contributed by atoms with Crippen LogP contribution in [0.25, 0.3) is 0 Å². The van der Waals surface area contributed by atoms with Crippen LogP contribution in [0.4, 0.5) is 0 Å². The summed E-state index contributed by atoms with van der Waals surface area (Å²) in [6.07, 6.45) is 0.414. The van der Waals surface area contributed by atoms with E-state index in [9.17, 15) is 13.2 Å².